The summed E-state index contributed by atoms with van der Waals surface area (Å²) < 4.78 is 43.8. The zero-order valence-electron chi connectivity index (χ0n) is 14.2. The molecule has 0 radical (unpaired) electrons. The summed E-state index contributed by atoms with van der Waals surface area (Å²) in [5.41, 5.74) is 1.01. The number of nitrogens with zero attached hydrogens (tertiary/aromatic N) is 1. The Morgan fingerprint density at radius 3 is 2.70 bits per heavy atom. The minimum Gasteiger partial charge on any atom is -0.378 e. The first-order valence-electron chi connectivity index (χ1n) is 7.90. The van der Waals surface area contributed by atoms with Crippen LogP contribution in [0.1, 0.15) is 37.3 Å². The van der Waals surface area contributed by atoms with Gasteiger partial charge in [0, 0.05) is 31.2 Å². The first kappa shape index (κ1) is 18.4. The van der Waals surface area contributed by atoms with Gasteiger partial charge in [-0.05, 0) is 34.1 Å². The highest BCUT2D eigenvalue weighted by atomic mass is 32.2. The molecule has 1 N–H and O–H groups in total. The number of aryl methyl sites for hydroxylation is 2. The molecule has 2 atom stereocenters. The molecular weight excluding hydrogens is 320 g/mol. The van der Waals surface area contributed by atoms with E-state index in [1.807, 2.05) is 27.7 Å². The second-order valence-corrected chi connectivity index (χ2v) is 7.96. The zero-order valence-corrected chi connectivity index (χ0v) is 15.0. The van der Waals surface area contributed by atoms with Gasteiger partial charge < -0.3 is 14.0 Å². The molecule has 1 aromatic rings. The van der Waals surface area contributed by atoms with Crippen molar-refractivity contribution in [3.05, 3.63) is 17.0 Å². The molecule has 2 heterocycles. The van der Waals surface area contributed by atoms with Crippen LogP contribution in [0.25, 0.3) is 0 Å². The number of hydrogen-bond acceptors (Lipinski definition) is 6. The molecule has 0 aliphatic carbocycles. The Balaban J connectivity index is 2.00. The summed E-state index contributed by atoms with van der Waals surface area (Å²) in [6, 6.07) is -0.252. The van der Waals surface area contributed by atoms with E-state index in [0.29, 0.717) is 32.7 Å². The fourth-order valence-electron chi connectivity index (χ4n) is 3.00. The molecule has 0 bridgehead atoms. The first-order chi connectivity index (χ1) is 10.8. The topological polar surface area (TPSA) is 90.7 Å². The SMILES string of the molecule is CCOC1(CS(=O)(=O)NC(C)Cc2c(C)noc2C)CCOC1. The number of ether oxygens (including phenoxy) is 2. The van der Waals surface area contributed by atoms with Crippen LogP contribution in [0, 0.1) is 13.8 Å². The lowest BCUT2D eigenvalue weighted by Gasteiger charge is -2.27. The Morgan fingerprint density at radius 1 is 1.43 bits per heavy atom. The lowest BCUT2D eigenvalue weighted by molar-refractivity contribution is -0.0268. The molecule has 1 aromatic heterocycles. The van der Waals surface area contributed by atoms with Crippen LogP contribution in [0.3, 0.4) is 0 Å². The maximum atomic E-state index is 12.5. The molecule has 1 aliphatic rings. The van der Waals surface area contributed by atoms with Crippen LogP contribution in [-0.2, 0) is 25.9 Å². The third-order valence-electron chi connectivity index (χ3n) is 4.04. The van der Waals surface area contributed by atoms with Crippen LogP contribution in [-0.4, -0.2) is 50.8 Å². The molecule has 1 saturated heterocycles. The van der Waals surface area contributed by atoms with Gasteiger partial charge in [0.15, 0.2) is 0 Å². The molecule has 0 saturated carbocycles. The third kappa shape index (κ3) is 4.76. The van der Waals surface area contributed by atoms with Crippen LogP contribution in [0.5, 0.6) is 0 Å². The molecule has 7 nitrogen and oxygen atoms in total. The average Bonchev–Trinajstić information content (AvgIpc) is 3.00. The molecule has 132 valence electrons. The lowest BCUT2D eigenvalue weighted by Crippen LogP contribution is -2.47. The van der Waals surface area contributed by atoms with Crippen LogP contribution >= 0.6 is 0 Å². The summed E-state index contributed by atoms with van der Waals surface area (Å²) in [6.07, 6.45) is 1.14. The van der Waals surface area contributed by atoms with Crippen LogP contribution < -0.4 is 4.72 Å². The minimum atomic E-state index is -3.48. The molecule has 0 aromatic carbocycles. The van der Waals surface area contributed by atoms with Gasteiger partial charge in [0.1, 0.15) is 11.4 Å². The Kier molecular flexibility index (Phi) is 5.83. The smallest absolute Gasteiger partial charge is 0.214 e. The molecule has 1 fully saturated rings. The maximum Gasteiger partial charge on any atom is 0.214 e. The molecule has 8 heteroatoms. The highest BCUT2D eigenvalue weighted by molar-refractivity contribution is 7.89. The van der Waals surface area contributed by atoms with Gasteiger partial charge in [-0.2, -0.15) is 0 Å². The summed E-state index contributed by atoms with van der Waals surface area (Å²) in [7, 11) is -3.48. The molecule has 23 heavy (non-hydrogen) atoms. The monoisotopic (exact) mass is 346 g/mol. The van der Waals surface area contributed by atoms with Crippen molar-refractivity contribution >= 4 is 10.0 Å². The van der Waals surface area contributed by atoms with Gasteiger partial charge in [0.2, 0.25) is 10.0 Å². The fraction of sp³-hybridized carbons (Fsp3) is 0.800. The maximum absolute atomic E-state index is 12.5. The standard InChI is InChI=1S/C15H26N2O5S/c1-5-21-15(6-7-20-9-15)10-23(18,19)17-11(2)8-14-12(3)16-22-13(14)4/h11,17H,5-10H2,1-4H3. The summed E-state index contributed by atoms with van der Waals surface area (Å²) in [5, 5.41) is 3.90. The summed E-state index contributed by atoms with van der Waals surface area (Å²) in [5.74, 6) is 0.642. The van der Waals surface area contributed by atoms with E-state index in [1.54, 1.807) is 0 Å². The van der Waals surface area contributed by atoms with E-state index in [9.17, 15) is 8.42 Å². The third-order valence-corrected chi connectivity index (χ3v) is 5.71. The molecule has 0 spiro atoms. The van der Waals surface area contributed by atoms with Crippen molar-refractivity contribution in [2.45, 2.75) is 52.2 Å². The molecule has 0 amide bonds. The van der Waals surface area contributed by atoms with Gasteiger partial charge in [-0.3, -0.25) is 0 Å². The second-order valence-electron chi connectivity index (χ2n) is 6.20. The number of rotatable bonds is 8. The van der Waals surface area contributed by atoms with E-state index < -0.39 is 15.6 Å². The number of sulfonamides is 1. The summed E-state index contributed by atoms with van der Waals surface area (Å²) >= 11 is 0. The first-order valence-corrected chi connectivity index (χ1v) is 9.55. The number of hydrogen-bond donors (Lipinski definition) is 1. The van der Waals surface area contributed by atoms with Crippen molar-refractivity contribution in [2.24, 2.45) is 0 Å². The van der Waals surface area contributed by atoms with Gasteiger partial charge in [0.25, 0.3) is 0 Å². The fourth-order valence-corrected chi connectivity index (χ4v) is 4.78. The van der Waals surface area contributed by atoms with E-state index in [0.717, 1.165) is 17.0 Å². The van der Waals surface area contributed by atoms with Crippen molar-refractivity contribution in [1.29, 1.82) is 0 Å². The van der Waals surface area contributed by atoms with Crippen LogP contribution in [0.15, 0.2) is 4.52 Å². The van der Waals surface area contributed by atoms with Crippen molar-refractivity contribution in [2.75, 3.05) is 25.6 Å². The van der Waals surface area contributed by atoms with E-state index in [2.05, 4.69) is 9.88 Å². The Morgan fingerprint density at radius 2 is 2.17 bits per heavy atom. The highest BCUT2D eigenvalue weighted by Gasteiger charge is 2.40. The molecule has 2 unspecified atom stereocenters. The Labute approximate surface area is 137 Å². The van der Waals surface area contributed by atoms with Crippen molar-refractivity contribution in [3.8, 4) is 0 Å². The predicted octanol–water partition coefficient (Wildman–Crippen LogP) is 1.34. The number of nitrogens with one attached hydrogen (secondary N) is 1. The van der Waals surface area contributed by atoms with Crippen molar-refractivity contribution in [1.82, 2.24) is 9.88 Å². The normalized spacial score (nSPS) is 23.3. The van der Waals surface area contributed by atoms with E-state index in [4.69, 9.17) is 14.0 Å². The van der Waals surface area contributed by atoms with Gasteiger partial charge >= 0.3 is 0 Å². The van der Waals surface area contributed by atoms with Crippen LogP contribution in [0.2, 0.25) is 0 Å². The van der Waals surface area contributed by atoms with Gasteiger partial charge in [-0.15, -0.1) is 0 Å². The van der Waals surface area contributed by atoms with E-state index in [-0.39, 0.29) is 11.8 Å². The van der Waals surface area contributed by atoms with E-state index in [1.165, 1.54) is 0 Å². The lowest BCUT2D eigenvalue weighted by atomic mass is 10.1. The second kappa shape index (κ2) is 7.29. The minimum absolute atomic E-state index is 0.0836. The number of aromatic nitrogens is 1. The Hall–Kier alpha value is -0.960. The quantitative estimate of drug-likeness (QED) is 0.764. The Bertz CT molecular complexity index is 600. The van der Waals surface area contributed by atoms with Crippen molar-refractivity contribution in [3.63, 3.8) is 0 Å². The molecular formula is C15H26N2O5S. The highest BCUT2D eigenvalue weighted by Crippen LogP contribution is 2.25. The average molecular weight is 346 g/mol. The van der Waals surface area contributed by atoms with Crippen molar-refractivity contribution < 1.29 is 22.4 Å². The zero-order chi connectivity index (χ0) is 17.1. The molecule has 1 aliphatic heterocycles. The predicted molar refractivity (Wildman–Crippen MR) is 85.9 cm³/mol. The van der Waals surface area contributed by atoms with Gasteiger partial charge in [-0.25, -0.2) is 13.1 Å². The van der Waals surface area contributed by atoms with Gasteiger partial charge in [-0.1, -0.05) is 5.16 Å². The summed E-state index contributed by atoms with van der Waals surface area (Å²) in [6.45, 7) is 8.70. The summed E-state index contributed by atoms with van der Waals surface area (Å²) in [4.78, 5) is 0. The largest absolute Gasteiger partial charge is 0.378 e. The van der Waals surface area contributed by atoms with Gasteiger partial charge in [0.05, 0.1) is 18.1 Å². The molecule has 2 rings (SSSR count). The van der Waals surface area contributed by atoms with E-state index >= 15 is 0 Å². The van der Waals surface area contributed by atoms with Crippen LogP contribution in [0.4, 0.5) is 0 Å².